The Morgan fingerprint density at radius 2 is 1.90 bits per heavy atom. The second kappa shape index (κ2) is 6.84. The number of alkyl halides is 1. The van der Waals surface area contributed by atoms with Crippen LogP contribution in [-0.2, 0) is 25.3 Å². The second-order valence-corrected chi connectivity index (χ2v) is 5.72. The van der Waals surface area contributed by atoms with E-state index in [0.717, 1.165) is 29.7 Å². The molecule has 1 aromatic carbocycles. The molecule has 0 radical (unpaired) electrons. The zero-order valence-corrected chi connectivity index (χ0v) is 13.9. The molecule has 20 heavy (non-hydrogen) atoms. The Morgan fingerprint density at radius 1 is 1.15 bits per heavy atom. The molecule has 108 valence electrons. The number of hydrogen-bond donors (Lipinski definition) is 0. The van der Waals surface area contributed by atoms with Gasteiger partial charge in [0.25, 0.3) is 0 Å². The smallest absolute Gasteiger partial charge is 0.0677 e. The largest absolute Gasteiger partial charge is 0.265 e. The van der Waals surface area contributed by atoms with Crippen LogP contribution >= 0.6 is 34.8 Å². The van der Waals surface area contributed by atoms with Crippen LogP contribution in [0.3, 0.4) is 0 Å². The highest BCUT2D eigenvalue weighted by atomic mass is 35.5. The lowest BCUT2D eigenvalue weighted by Crippen LogP contribution is -2.07. The van der Waals surface area contributed by atoms with E-state index in [9.17, 15) is 0 Å². The Kier molecular flexibility index (Phi) is 5.36. The van der Waals surface area contributed by atoms with Crippen molar-refractivity contribution in [3.63, 3.8) is 0 Å². The monoisotopic (exact) mass is 330 g/mol. The van der Waals surface area contributed by atoms with Gasteiger partial charge in [-0.2, -0.15) is 5.10 Å². The first-order valence-corrected chi connectivity index (χ1v) is 7.97. The molecule has 1 heterocycles. The van der Waals surface area contributed by atoms with E-state index < -0.39 is 0 Å². The van der Waals surface area contributed by atoms with E-state index in [0.29, 0.717) is 22.5 Å². The number of aromatic nitrogens is 2. The summed E-state index contributed by atoms with van der Waals surface area (Å²) in [7, 11) is 0. The molecule has 2 rings (SSSR count). The summed E-state index contributed by atoms with van der Waals surface area (Å²) in [6, 6.07) is 5.49. The predicted octanol–water partition coefficient (Wildman–Crippen LogP) is 5.10. The molecule has 0 fully saturated rings. The minimum Gasteiger partial charge on any atom is -0.265 e. The highest BCUT2D eigenvalue weighted by molar-refractivity contribution is 6.33. The fourth-order valence-electron chi connectivity index (χ4n) is 2.38. The fourth-order valence-corrected chi connectivity index (χ4v) is 3.06. The Balaban J connectivity index is 2.42. The molecule has 0 amide bonds. The molecule has 1 aromatic heterocycles. The first-order valence-electron chi connectivity index (χ1n) is 6.68. The predicted molar refractivity (Wildman–Crippen MR) is 86.1 cm³/mol. The molecule has 5 heteroatoms. The number of nitrogens with zero attached hydrogens (tertiary/aromatic N) is 2. The summed E-state index contributed by atoms with van der Waals surface area (Å²) in [5, 5.41) is 6.06. The highest BCUT2D eigenvalue weighted by Gasteiger charge is 2.15. The van der Waals surface area contributed by atoms with Crippen LogP contribution in [0.5, 0.6) is 0 Å². The first-order chi connectivity index (χ1) is 9.60. The number of benzene rings is 1. The summed E-state index contributed by atoms with van der Waals surface area (Å²) in [5.41, 5.74) is 4.36. The molecule has 0 aliphatic heterocycles. The van der Waals surface area contributed by atoms with Gasteiger partial charge in [0.1, 0.15) is 0 Å². The lowest BCUT2D eigenvalue weighted by molar-refractivity contribution is 0.640. The molecule has 0 spiro atoms. The van der Waals surface area contributed by atoms with Gasteiger partial charge in [-0.1, -0.05) is 37.0 Å². The molecule has 2 nitrogen and oxygen atoms in total. The van der Waals surface area contributed by atoms with Crippen LogP contribution in [0.1, 0.15) is 36.4 Å². The summed E-state index contributed by atoms with van der Waals surface area (Å²) >= 11 is 18.3. The van der Waals surface area contributed by atoms with Gasteiger partial charge in [0.15, 0.2) is 0 Å². The van der Waals surface area contributed by atoms with Crippen molar-refractivity contribution in [3.05, 3.63) is 50.8 Å². The van der Waals surface area contributed by atoms with E-state index in [-0.39, 0.29) is 0 Å². The maximum absolute atomic E-state index is 6.23. The minimum absolute atomic E-state index is 0.496. The third kappa shape index (κ3) is 3.13. The summed E-state index contributed by atoms with van der Waals surface area (Å²) in [6.45, 7) is 4.82. The second-order valence-electron chi connectivity index (χ2n) is 4.61. The van der Waals surface area contributed by atoms with Gasteiger partial charge >= 0.3 is 0 Å². The molecular weight excluding hydrogens is 315 g/mol. The standard InChI is InChI=1S/C15H17Cl3N2/c1-3-14-12(8-16)15(4-2)20(19-14)9-10-7-11(17)5-6-13(10)18/h5-7H,3-4,8-9H2,1-2H3. The Bertz CT molecular complexity index is 605. The van der Waals surface area contributed by atoms with E-state index in [2.05, 4.69) is 18.9 Å². The third-order valence-electron chi connectivity index (χ3n) is 3.38. The normalized spacial score (nSPS) is 11.1. The van der Waals surface area contributed by atoms with Crippen molar-refractivity contribution in [2.24, 2.45) is 0 Å². The average molecular weight is 332 g/mol. The molecule has 2 aromatic rings. The summed E-state index contributed by atoms with van der Waals surface area (Å²) in [6.07, 6.45) is 1.78. The van der Waals surface area contributed by atoms with Gasteiger partial charge in [0, 0.05) is 21.3 Å². The molecule has 0 N–H and O–H groups in total. The molecule has 0 saturated heterocycles. The van der Waals surface area contributed by atoms with Gasteiger partial charge in [-0.05, 0) is 36.6 Å². The van der Waals surface area contributed by atoms with Gasteiger partial charge < -0.3 is 0 Å². The lowest BCUT2D eigenvalue weighted by Gasteiger charge is -2.09. The molecule has 0 atom stereocenters. The van der Waals surface area contributed by atoms with Crippen LogP contribution < -0.4 is 0 Å². The van der Waals surface area contributed by atoms with Crippen molar-refractivity contribution < 1.29 is 0 Å². The van der Waals surface area contributed by atoms with Gasteiger partial charge in [-0.25, -0.2) is 0 Å². The van der Waals surface area contributed by atoms with Gasteiger partial charge in [0.05, 0.1) is 18.1 Å². The number of halogens is 3. The Labute approximate surface area is 134 Å². The van der Waals surface area contributed by atoms with E-state index in [1.165, 1.54) is 5.69 Å². The van der Waals surface area contributed by atoms with Gasteiger partial charge in [-0.15, -0.1) is 11.6 Å². The van der Waals surface area contributed by atoms with Gasteiger partial charge in [0.2, 0.25) is 0 Å². The first kappa shape index (κ1) is 15.7. The summed E-state index contributed by atoms with van der Waals surface area (Å²) in [4.78, 5) is 0. The van der Waals surface area contributed by atoms with E-state index in [4.69, 9.17) is 34.8 Å². The van der Waals surface area contributed by atoms with E-state index in [1.54, 1.807) is 6.07 Å². The molecular formula is C15H17Cl3N2. The Morgan fingerprint density at radius 3 is 2.50 bits per heavy atom. The van der Waals surface area contributed by atoms with E-state index >= 15 is 0 Å². The van der Waals surface area contributed by atoms with Crippen molar-refractivity contribution in [2.75, 3.05) is 0 Å². The van der Waals surface area contributed by atoms with Crippen molar-refractivity contribution >= 4 is 34.8 Å². The Hall–Kier alpha value is -0.700. The molecule has 0 aliphatic rings. The van der Waals surface area contributed by atoms with Crippen molar-refractivity contribution in [1.82, 2.24) is 9.78 Å². The van der Waals surface area contributed by atoms with Crippen LogP contribution in [0.15, 0.2) is 18.2 Å². The minimum atomic E-state index is 0.496. The van der Waals surface area contributed by atoms with E-state index in [1.807, 2.05) is 16.8 Å². The quantitative estimate of drug-likeness (QED) is 0.697. The summed E-state index contributed by atoms with van der Waals surface area (Å²) < 4.78 is 1.99. The molecule has 0 aliphatic carbocycles. The molecule has 0 saturated carbocycles. The number of rotatable bonds is 5. The van der Waals surface area contributed by atoms with Crippen LogP contribution in [0.2, 0.25) is 10.0 Å². The van der Waals surface area contributed by atoms with Crippen molar-refractivity contribution in [2.45, 2.75) is 39.1 Å². The zero-order chi connectivity index (χ0) is 14.7. The SMILES string of the molecule is CCc1nn(Cc2cc(Cl)ccc2Cl)c(CC)c1CCl. The fraction of sp³-hybridized carbons (Fsp3) is 0.400. The van der Waals surface area contributed by atoms with Crippen LogP contribution in [0.4, 0.5) is 0 Å². The molecule has 0 unspecified atom stereocenters. The maximum Gasteiger partial charge on any atom is 0.0677 e. The topological polar surface area (TPSA) is 17.8 Å². The molecule has 0 bridgehead atoms. The third-order valence-corrected chi connectivity index (χ3v) is 4.25. The van der Waals surface area contributed by atoms with Crippen LogP contribution in [0, 0.1) is 0 Å². The average Bonchev–Trinajstić information content (AvgIpc) is 2.79. The lowest BCUT2D eigenvalue weighted by atomic mass is 10.1. The number of aryl methyl sites for hydroxylation is 1. The summed E-state index contributed by atoms with van der Waals surface area (Å²) in [5.74, 6) is 0.496. The van der Waals surface area contributed by atoms with Crippen molar-refractivity contribution in [3.8, 4) is 0 Å². The maximum atomic E-state index is 6.23. The van der Waals surface area contributed by atoms with Crippen LogP contribution in [-0.4, -0.2) is 9.78 Å². The number of hydrogen-bond acceptors (Lipinski definition) is 1. The zero-order valence-electron chi connectivity index (χ0n) is 11.6. The highest BCUT2D eigenvalue weighted by Crippen LogP contribution is 2.24. The van der Waals surface area contributed by atoms with Gasteiger partial charge in [-0.3, -0.25) is 4.68 Å². The van der Waals surface area contributed by atoms with Crippen molar-refractivity contribution in [1.29, 1.82) is 0 Å². The van der Waals surface area contributed by atoms with Crippen LogP contribution in [0.25, 0.3) is 0 Å².